The average molecular weight is 256 g/mol. The van der Waals surface area contributed by atoms with Crippen molar-refractivity contribution in [1.29, 1.82) is 0 Å². The van der Waals surface area contributed by atoms with Gasteiger partial charge in [0.05, 0.1) is 17.1 Å². The molecule has 1 aliphatic rings. The zero-order chi connectivity index (χ0) is 12.7. The minimum Gasteiger partial charge on any atom is -0.334 e. The molecule has 2 unspecified atom stereocenters. The number of halogens is 1. The lowest BCUT2D eigenvalue weighted by atomic mass is 10.1. The van der Waals surface area contributed by atoms with Crippen molar-refractivity contribution in [2.75, 3.05) is 6.54 Å². The van der Waals surface area contributed by atoms with E-state index in [1.54, 1.807) is 0 Å². The number of amides is 1. The fraction of sp³-hybridized carbons (Fsp3) is 0.667. The summed E-state index contributed by atoms with van der Waals surface area (Å²) in [6.07, 6.45) is 0.449. The normalized spacial score (nSPS) is 22.3. The highest BCUT2D eigenvalue weighted by Crippen LogP contribution is 2.30. The SMILES string of the molecule is Cc1nn(C)c(C)c1C(C)N1CC(Cl)CC1=O. The molecule has 0 radical (unpaired) electrons. The van der Waals surface area contributed by atoms with Crippen LogP contribution in [0.4, 0.5) is 0 Å². The monoisotopic (exact) mass is 255 g/mol. The van der Waals surface area contributed by atoms with Crippen LogP contribution in [0.3, 0.4) is 0 Å². The number of hydrogen-bond donors (Lipinski definition) is 0. The van der Waals surface area contributed by atoms with Crippen LogP contribution in [-0.2, 0) is 11.8 Å². The maximum absolute atomic E-state index is 11.8. The van der Waals surface area contributed by atoms with Gasteiger partial charge >= 0.3 is 0 Å². The molecule has 1 fully saturated rings. The quantitative estimate of drug-likeness (QED) is 0.758. The molecule has 2 atom stereocenters. The van der Waals surface area contributed by atoms with Crippen molar-refractivity contribution in [2.45, 2.75) is 38.6 Å². The van der Waals surface area contributed by atoms with Crippen LogP contribution in [0.15, 0.2) is 0 Å². The topological polar surface area (TPSA) is 38.1 Å². The molecule has 5 heteroatoms. The van der Waals surface area contributed by atoms with Gasteiger partial charge in [-0.2, -0.15) is 5.10 Å². The minimum absolute atomic E-state index is 0.0535. The van der Waals surface area contributed by atoms with Gasteiger partial charge in [-0.25, -0.2) is 0 Å². The van der Waals surface area contributed by atoms with Crippen molar-refractivity contribution in [3.63, 3.8) is 0 Å². The van der Waals surface area contributed by atoms with Gasteiger partial charge in [0, 0.05) is 31.3 Å². The van der Waals surface area contributed by atoms with E-state index in [4.69, 9.17) is 11.6 Å². The van der Waals surface area contributed by atoms with Crippen molar-refractivity contribution < 1.29 is 4.79 Å². The van der Waals surface area contributed by atoms with Crippen LogP contribution in [0.2, 0.25) is 0 Å². The van der Waals surface area contributed by atoms with Crippen LogP contribution in [0, 0.1) is 13.8 Å². The van der Waals surface area contributed by atoms with Gasteiger partial charge in [-0.3, -0.25) is 9.48 Å². The van der Waals surface area contributed by atoms with Crippen molar-refractivity contribution in [3.05, 3.63) is 17.0 Å². The molecule has 4 nitrogen and oxygen atoms in total. The smallest absolute Gasteiger partial charge is 0.224 e. The Labute approximate surface area is 107 Å². The molecule has 2 rings (SSSR count). The summed E-state index contributed by atoms with van der Waals surface area (Å²) in [5.41, 5.74) is 3.25. The van der Waals surface area contributed by atoms with E-state index in [9.17, 15) is 4.79 Å². The lowest BCUT2D eigenvalue weighted by Crippen LogP contribution is -2.29. The molecule has 0 spiro atoms. The summed E-state index contributed by atoms with van der Waals surface area (Å²) in [6, 6.07) is 0.0555. The van der Waals surface area contributed by atoms with Gasteiger partial charge < -0.3 is 4.90 Å². The molecule has 1 aromatic heterocycles. The molecule has 94 valence electrons. The van der Waals surface area contributed by atoms with Crippen LogP contribution < -0.4 is 0 Å². The largest absolute Gasteiger partial charge is 0.334 e. The maximum atomic E-state index is 11.8. The Hall–Kier alpha value is -1.03. The Morgan fingerprint density at radius 2 is 2.12 bits per heavy atom. The highest BCUT2D eigenvalue weighted by Gasteiger charge is 2.33. The van der Waals surface area contributed by atoms with E-state index in [0.717, 1.165) is 17.0 Å². The number of alkyl halides is 1. The van der Waals surface area contributed by atoms with E-state index in [-0.39, 0.29) is 17.3 Å². The second-order valence-corrected chi connectivity index (χ2v) is 5.35. The molecule has 2 heterocycles. The molecule has 1 aromatic rings. The molecule has 0 aromatic carbocycles. The number of carbonyl (C=O) groups is 1. The molecule has 0 saturated carbocycles. The molecule has 1 saturated heterocycles. The number of aryl methyl sites for hydroxylation is 2. The van der Waals surface area contributed by atoms with Gasteiger partial charge in [-0.05, 0) is 20.8 Å². The third-order valence-electron chi connectivity index (χ3n) is 3.56. The molecule has 0 N–H and O–H groups in total. The summed E-state index contributed by atoms with van der Waals surface area (Å²) in [5, 5.41) is 4.34. The van der Waals surface area contributed by atoms with Gasteiger partial charge in [0.2, 0.25) is 5.91 Å². The van der Waals surface area contributed by atoms with Crippen LogP contribution in [-0.4, -0.2) is 32.5 Å². The summed E-state index contributed by atoms with van der Waals surface area (Å²) in [7, 11) is 1.93. The predicted molar refractivity (Wildman–Crippen MR) is 67.1 cm³/mol. The standard InChI is InChI=1S/C12H18ClN3O/c1-7-12(8(2)15(4)14-7)9(3)16-6-10(13)5-11(16)17/h9-10H,5-6H2,1-4H3. The summed E-state index contributed by atoms with van der Waals surface area (Å²) in [4.78, 5) is 13.7. The van der Waals surface area contributed by atoms with Crippen molar-refractivity contribution >= 4 is 17.5 Å². The zero-order valence-corrected chi connectivity index (χ0v) is 11.5. The fourth-order valence-electron chi connectivity index (χ4n) is 2.61. The van der Waals surface area contributed by atoms with Gasteiger partial charge in [-0.1, -0.05) is 0 Å². The summed E-state index contributed by atoms with van der Waals surface area (Å²) >= 11 is 6.03. The Kier molecular flexibility index (Phi) is 3.17. The van der Waals surface area contributed by atoms with Crippen LogP contribution in [0.25, 0.3) is 0 Å². The summed E-state index contributed by atoms with van der Waals surface area (Å²) < 4.78 is 1.86. The third-order valence-corrected chi connectivity index (χ3v) is 3.85. The first kappa shape index (κ1) is 12.4. The molecular formula is C12H18ClN3O. The van der Waals surface area contributed by atoms with Gasteiger partial charge in [0.15, 0.2) is 0 Å². The summed E-state index contributed by atoms with van der Waals surface area (Å²) in [5.74, 6) is 0.139. The van der Waals surface area contributed by atoms with Crippen LogP contribution >= 0.6 is 11.6 Å². The van der Waals surface area contributed by atoms with Crippen molar-refractivity contribution in [3.8, 4) is 0 Å². The highest BCUT2D eigenvalue weighted by molar-refractivity contribution is 6.22. The van der Waals surface area contributed by atoms with Crippen LogP contribution in [0.5, 0.6) is 0 Å². The zero-order valence-electron chi connectivity index (χ0n) is 10.7. The Morgan fingerprint density at radius 3 is 2.53 bits per heavy atom. The number of likely N-dealkylation sites (tertiary alicyclic amines) is 1. The predicted octanol–water partition coefficient (Wildman–Crippen LogP) is 1.94. The molecule has 0 bridgehead atoms. The number of carbonyl (C=O) groups excluding carboxylic acids is 1. The number of hydrogen-bond acceptors (Lipinski definition) is 2. The lowest BCUT2D eigenvalue weighted by Gasteiger charge is -2.25. The number of nitrogens with zero attached hydrogens (tertiary/aromatic N) is 3. The molecule has 1 aliphatic heterocycles. The van der Waals surface area contributed by atoms with E-state index in [0.29, 0.717) is 13.0 Å². The van der Waals surface area contributed by atoms with E-state index < -0.39 is 0 Å². The maximum Gasteiger partial charge on any atom is 0.224 e. The second kappa shape index (κ2) is 4.33. The van der Waals surface area contributed by atoms with Gasteiger partial charge in [0.1, 0.15) is 0 Å². The van der Waals surface area contributed by atoms with Crippen molar-refractivity contribution in [1.82, 2.24) is 14.7 Å². The van der Waals surface area contributed by atoms with Gasteiger partial charge in [-0.15, -0.1) is 11.6 Å². The number of aromatic nitrogens is 2. The Bertz CT molecular complexity index is 455. The second-order valence-electron chi connectivity index (χ2n) is 4.73. The van der Waals surface area contributed by atoms with E-state index in [2.05, 4.69) is 5.10 Å². The minimum atomic E-state index is -0.0535. The van der Waals surface area contributed by atoms with E-state index in [1.165, 1.54) is 0 Å². The first-order valence-electron chi connectivity index (χ1n) is 5.85. The van der Waals surface area contributed by atoms with Gasteiger partial charge in [0.25, 0.3) is 0 Å². The molecular weight excluding hydrogens is 238 g/mol. The Morgan fingerprint density at radius 1 is 1.47 bits per heavy atom. The molecule has 0 aliphatic carbocycles. The molecule has 1 amide bonds. The van der Waals surface area contributed by atoms with Crippen molar-refractivity contribution in [2.24, 2.45) is 7.05 Å². The first-order valence-corrected chi connectivity index (χ1v) is 6.29. The van der Waals surface area contributed by atoms with E-state index >= 15 is 0 Å². The highest BCUT2D eigenvalue weighted by atomic mass is 35.5. The third kappa shape index (κ3) is 2.06. The number of rotatable bonds is 2. The van der Waals surface area contributed by atoms with Crippen LogP contribution in [0.1, 0.15) is 36.3 Å². The lowest BCUT2D eigenvalue weighted by molar-refractivity contribution is -0.129. The first-order chi connectivity index (χ1) is 7.91. The Balaban J connectivity index is 2.31. The van der Waals surface area contributed by atoms with E-state index in [1.807, 2.05) is 37.4 Å². The average Bonchev–Trinajstić information content (AvgIpc) is 2.68. The fourth-order valence-corrected chi connectivity index (χ4v) is 2.89. The molecule has 17 heavy (non-hydrogen) atoms. The summed E-state index contributed by atoms with van der Waals surface area (Å²) in [6.45, 7) is 6.70.